The van der Waals surface area contributed by atoms with Gasteiger partial charge in [0.1, 0.15) is 0 Å². The fourth-order valence-electron chi connectivity index (χ4n) is 2.68. The molecule has 5 nitrogen and oxygen atoms in total. The van der Waals surface area contributed by atoms with Crippen LogP contribution in [0.25, 0.3) is 0 Å². The molecule has 2 saturated heterocycles. The normalized spacial score (nSPS) is 31.7. The van der Waals surface area contributed by atoms with Gasteiger partial charge in [0.2, 0.25) is 0 Å². The largest absolute Gasteiger partial charge is 0.393 e. The second-order valence-corrected chi connectivity index (χ2v) is 5.72. The van der Waals surface area contributed by atoms with Gasteiger partial charge in [0.15, 0.2) is 0 Å². The number of ether oxygens (including phenoxy) is 1. The second kappa shape index (κ2) is 5.89. The van der Waals surface area contributed by atoms with Crippen LogP contribution in [0.3, 0.4) is 0 Å². The molecule has 4 unspecified atom stereocenters. The van der Waals surface area contributed by atoms with E-state index in [1.165, 1.54) is 0 Å². The predicted octanol–water partition coefficient (Wildman–Crippen LogP) is 1.01. The number of hydrogen-bond donors (Lipinski definition) is 3. The molecule has 0 aliphatic carbocycles. The molecule has 2 bridgehead atoms. The van der Waals surface area contributed by atoms with Gasteiger partial charge in [-0.25, -0.2) is 4.79 Å². The van der Waals surface area contributed by atoms with Gasteiger partial charge in [0, 0.05) is 6.54 Å². The van der Waals surface area contributed by atoms with E-state index in [1.807, 2.05) is 13.8 Å². The van der Waals surface area contributed by atoms with E-state index in [0.29, 0.717) is 19.1 Å². The van der Waals surface area contributed by atoms with E-state index in [0.717, 1.165) is 19.3 Å². The van der Waals surface area contributed by atoms with Crippen molar-refractivity contribution in [3.05, 3.63) is 0 Å². The van der Waals surface area contributed by atoms with Gasteiger partial charge in [-0.15, -0.1) is 0 Å². The molecule has 5 heteroatoms. The highest BCUT2D eigenvalue weighted by molar-refractivity contribution is 5.74. The maximum atomic E-state index is 11.7. The van der Waals surface area contributed by atoms with Crippen molar-refractivity contribution in [1.29, 1.82) is 0 Å². The lowest BCUT2D eigenvalue weighted by Gasteiger charge is -2.20. The van der Waals surface area contributed by atoms with Gasteiger partial charge in [-0.3, -0.25) is 0 Å². The number of carbonyl (C=O) groups excluding carboxylic acids is 1. The summed E-state index contributed by atoms with van der Waals surface area (Å²) in [6.45, 7) is 4.45. The lowest BCUT2D eigenvalue weighted by molar-refractivity contribution is 0.0978. The molecule has 0 aromatic heterocycles. The van der Waals surface area contributed by atoms with Crippen molar-refractivity contribution in [3.63, 3.8) is 0 Å². The van der Waals surface area contributed by atoms with Gasteiger partial charge in [-0.05, 0) is 31.6 Å². The first-order valence-electron chi connectivity index (χ1n) is 6.94. The summed E-state index contributed by atoms with van der Waals surface area (Å²) in [7, 11) is 0. The van der Waals surface area contributed by atoms with Gasteiger partial charge in [0.05, 0.1) is 24.4 Å². The van der Waals surface area contributed by atoms with Crippen LogP contribution in [0.5, 0.6) is 0 Å². The molecular formula is C13H24N2O3. The van der Waals surface area contributed by atoms with Crippen molar-refractivity contribution >= 4 is 6.03 Å². The molecule has 3 N–H and O–H groups in total. The molecule has 2 amide bonds. The molecule has 0 aromatic rings. The summed E-state index contributed by atoms with van der Waals surface area (Å²) < 4.78 is 5.68. The fourth-order valence-corrected chi connectivity index (χ4v) is 2.68. The summed E-state index contributed by atoms with van der Waals surface area (Å²) in [5.74, 6) is 0.230. The van der Waals surface area contributed by atoms with Crippen LogP contribution in [-0.2, 0) is 4.74 Å². The molecule has 2 aliphatic heterocycles. The first kappa shape index (κ1) is 13.6. The molecule has 104 valence electrons. The monoisotopic (exact) mass is 256 g/mol. The quantitative estimate of drug-likeness (QED) is 0.687. The van der Waals surface area contributed by atoms with E-state index in [9.17, 15) is 9.90 Å². The van der Waals surface area contributed by atoms with Crippen LogP contribution >= 0.6 is 0 Å². The highest BCUT2D eigenvalue weighted by Crippen LogP contribution is 2.34. The zero-order valence-electron chi connectivity index (χ0n) is 11.2. The van der Waals surface area contributed by atoms with E-state index in [1.54, 1.807) is 0 Å². The smallest absolute Gasteiger partial charge is 0.315 e. The van der Waals surface area contributed by atoms with Gasteiger partial charge >= 0.3 is 6.03 Å². The first-order chi connectivity index (χ1) is 8.56. The molecule has 0 saturated carbocycles. The fraction of sp³-hybridized carbons (Fsp3) is 0.923. The molecule has 0 spiro atoms. The predicted molar refractivity (Wildman–Crippen MR) is 68.3 cm³/mol. The molecule has 2 heterocycles. The van der Waals surface area contributed by atoms with Gasteiger partial charge < -0.3 is 20.5 Å². The van der Waals surface area contributed by atoms with Crippen LogP contribution in [-0.4, -0.2) is 42.0 Å². The Bertz CT molecular complexity index is 296. The molecule has 2 rings (SSSR count). The minimum Gasteiger partial charge on any atom is -0.393 e. The van der Waals surface area contributed by atoms with Crippen LogP contribution in [0, 0.1) is 5.92 Å². The zero-order valence-corrected chi connectivity index (χ0v) is 11.2. The maximum Gasteiger partial charge on any atom is 0.315 e. The molecule has 18 heavy (non-hydrogen) atoms. The van der Waals surface area contributed by atoms with Gasteiger partial charge in [0.25, 0.3) is 0 Å². The summed E-state index contributed by atoms with van der Waals surface area (Å²) >= 11 is 0. The molecule has 4 atom stereocenters. The van der Waals surface area contributed by atoms with Crippen molar-refractivity contribution in [3.8, 4) is 0 Å². The molecule has 0 radical (unpaired) electrons. The Labute approximate surface area is 108 Å². The summed E-state index contributed by atoms with van der Waals surface area (Å²) in [4.78, 5) is 11.7. The van der Waals surface area contributed by atoms with E-state index < -0.39 is 0 Å². The number of nitrogens with one attached hydrogen (secondary N) is 2. The minimum absolute atomic E-state index is 0.146. The lowest BCUT2D eigenvalue weighted by Crippen LogP contribution is -2.46. The number of rotatable bonds is 5. The third-order valence-corrected chi connectivity index (χ3v) is 3.92. The Morgan fingerprint density at radius 1 is 1.44 bits per heavy atom. The number of urea groups is 1. The number of aliphatic hydroxyl groups excluding tert-OH is 1. The number of hydrogen-bond acceptors (Lipinski definition) is 3. The van der Waals surface area contributed by atoms with Crippen molar-refractivity contribution < 1.29 is 14.6 Å². The average molecular weight is 256 g/mol. The zero-order chi connectivity index (χ0) is 13.1. The van der Waals surface area contributed by atoms with E-state index >= 15 is 0 Å². The SMILES string of the molecule is CC(C)C(O)CCNC(=O)NC1CC2CCC1O2. The van der Waals surface area contributed by atoms with E-state index in [2.05, 4.69) is 10.6 Å². The Kier molecular flexibility index (Phi) is 4.45. The van der Waals surface area contributed by atoms with Crippen LogP contribution in [0.1, 0.15) is 39.5 Å². The summed E-state index contributed by atoms with van der Waals surface area (Å²) in [6.07, 6.45) is 3.93. The van der Waals surface area contributed by atoms with Crippen LogP contribution in [0.15, 0.2) is 0 Å². The third-order valence-electron chi connectivity index (χ3n) is 3.92. The summed E-state index contributed by atoms with van der Waals surface area (Å²) in [6, 6.07) is 0.0193. The van der Waals surface area contributed by atoms with E-state index in [4.69, 9.17) is 4.74 Å². The van der Waals surface area contributed by atoms with E-state index in [-0.39, 0.29) is 30.2 Å². The van der Waals surface area contributed by atoms with Crippen molar-refractivity contribution in [2.24, 2.45) is 5.92 Å². The van der Waals surface area contributed by atoms with Crippen LogP contribution in [0.2, 0.25) is 0 Å². The van der Waals surface area contributed by atoms with Crippen LogP contribution in [0.4, 0.5) is 4.79 Å². The number of fused-ring (bicyclic) bond motifs is 2. The van der Waals surface area contributed by atoms with Gasteiger partial charge in [-0.2, -0.15) is 0 Å². The topological polar surface area (TPSA) is 70.6 Å². The molecular weight excluding hydrogens is 232 g/mol. The number of amides is 2. The average Bonchev–Trinajstić information content (AvgIpc) is 2.90. The Morgan fingerprint density at radius 2 is 2.22 bits per heavy atom. The lowest BCUT2D eigenvalue weighted by atomic mass is 9.96. The highest BCUT2D eigenvalue weighted by Gasteiger charge is 2.41. The van der Waals surface area contributed by atoms with Crippen molar-refractivity contribution in [1.82, 2.24) is 10.6 Å². The Hall–Kier alpha value is -0.810. The highest BCUT2D eigenvalue weighted by atomic mass is 16.5. The second-order valence-electron chi connectivity index (χ2n) is 5.72. The standard InChI is InChI=1S/C13H24N2O3/c1-8(2)11(16)5-6-14-13(17)15-10-7-9-3-4-12(10)18-9/h8-12,16H,3-7H2,1-2H3,(H2,14,15,17). The maximum absolute atomic E-state index is 11.7. The summed E-state index contributed by atoms with van der Waals surface area (Å²) in [5, 5.41) is 15.4. The molecule has 0 aromatic carbocycles. The van der Waals surface area contributed by atoms with Crippen molar-refractivity contribution in [2.75, 3.05) is 6.54 Å². The Morgan fingerprint density at radius 3 is 2.78 bits per heavy atom. The van der Waals surface area contributed by atoms with Gasteiger partial charge in [-0.1, -0.05) is 13.8 Å². The molecule has 2 aliphatic rings. The first-order valence-corrected chi connectivity index (χ1v) is 6.94. The number of carbonyl (C=O) groups is 1. The number of aliphatic hydroxyl groups is 1. The molecule has 2 fully saturated rings. The summed E-state index contributed by atoms with van der Waals surface area (Å²) in [5.41, 5.74) is 0. The Balaban J connectivity index is 1.61. The third kappa shape index (κ3) is 3.36. The van der Waals surface area contributed by atoms with Crippen molar-refractivity contribution in [2.45, 2.75) is 63.9 Å². The van der Waals surface area contributed by atoms with Crippen LogP contribution < -0.4 is 10.6 Å². The minimum atomic E-state index is -0.351.